The molecule has 1 N–H and O–H groups in total. The molecule has 0 aromatic carbocycles. The molecule has 0 saturated heterocycles. The predicted molar refractivity (Wildman–Crippen MR) is 79.3 cm³/mol. The van der Waals surface area contributed by atoms with Crippen molar-refractivity contribution in [3.8, 4) is 0 Å². The second kappa shape index (κ2) is 7.06. The molecule has 0 amide bonds. The molecule has 4 nitrogen and oxygen atoms in total. The van der Waals surface area contributed by atoms with Gasteiger partial charge in [0.25, 0.3) is 0 Å². The van der Waals surface area contributed by atoms with Crippen molar-refractivity contribution in [2.45, 2.75) is 59.7 Å². The maximum Gasteiger partial charge on any atom is 0.110 e. The molecule has 4 heteroatoms. The Morgan fingerprint density at radius 2 is 2.05 bits per heavy atom. The molecule has 0 fully saturated rings. The molecule has 1 aromatic heterocycles. The average molecular weight is 267 g/mol. The Kier molecular flexibility index (Phi) is 6.01. The number of imidazole rings is 1. The summed E-state index contributed by atoms with van der Waals surface area (Å²) in [6, 6.07) is 0.271. The highest BCUT2D eigenvalue weighted by Gasteiger charge is 2.32. The van der Waals surface area contributed by atoms with Crippen molar-refractivity contribution in [3.05, 3.63) is 18.2 Å². The van der Waals surface area contributed by atoms with Crippen LogP contribution in [0.4, 0.5) is 0 Å². The van der Waals surface area contributed by atoms with Crippen molar-refractivity contribution in [2.75, 3.05) is 13.7 Å². The van der Waals surface area contributed by atoms with E-state index in [9.17, 15) is 0 Å². The Bertz CT molecular complexity index is 368. The van der Waals surface area contributed by atoms with E-state index in [2.05, 4.69) is 49.5 Å². The normalized spacial score (nSPS) is 15.5. The lowest BCUT2D eigenvalue weighted by molar-refractivity contribution is -0.0345. The van der Waals surface area contributed by atoms with Crippen LogP contribution < -0.4 is 5.32 Å². The van der Waals surface area contributed by atoms with Gasteiger partial charge in [0.1, 0.15) is 5.82 Å². The van der Waals surface area contributed by atoms with Crippen LogP contribution >= 0.6 is 0 Å². The van der Waals surface area contributed by atoms with Gasteiger partial charge in [-0.15, -0.1) is 0 Å². The van der Waals surface area contributed by atoms with Crippen LogP contribution in [-0.2, 0) is 17.7 Å². The summed E-state index contributed by atoms with van der Waals surface area (Å²) in [5, 5.41) is 3.40. The molecule has 0 saturated carbocycles. The van der Waals surface area contributed by atoms with Gasteiger partial charge in [-0.25, -0.2) is 4.98 Å². The Hall–Kier alpha value is -0.870. The van der Waals surface area contributed by atoms with Crippen LogP contribution in [0.15, 0.2) is 12.4 Å². The first-order valence-electron chi connectivity index (χ1n) is 7.22. The van der Waals surface area contributed by atoms with Crippen LogP contribution in [0.3, 0.4) is 0 Å². The van der Waals surface area contributed by atoms with Gasteiger partial charge in [0.15, 0.2) is 0 Å². The van der Waals surface area contributed by atoms with Crippen LogP contribution in [0, 0.1) is 5.41 Å². The van der Waals surface area contributed by atoms with E-state index in [1.807, 2.05) is 19.4 Å². The second-order valence-electron chi connectivity index (χ2n) is 5.97. The molecule has 1 heterocycles. The number of nitrogens with one attached hydrogen (secondary N) is 1. The maximum absolute atomic E-state index is 5.98. The number of hydrogen-bond donors (Lipinski definition) is 1. The van der Waals surface area contributed by atoms with Crippen molar-refractivity contribution < 1.29 is 4.74 Å². The summed E-state index contributed by atoms with van der Waals surface area (Å²) in [7, 11) is 2.00. The van der Waals surface area contributed by atoms with E-state index in [0.717, 1.165) is 25.4 Å². The molecule has 0 radical (unpaired) electrons. The van der Waals surface area contributed by atoms with Crippen molar-refractivity contribution in [1.82, 2.24) is 14.9 Å². The van der Waals surface area contributed by atoms with E-state index in [0.29, 0.717) is 0 Å². The Labute approximate surface area is 117 Å². The molecule has 1 aromatic rings. The van der Waals surface area contributed by atoms with Crippen molar-refractivity contribution in [2.24, 2.45) is 5.41 Å². The van der Waals surface area contributed by atoms with Crippen LogP contribution in [0.5, 0.6) is 0 Å². The zero-order valence-corrected chi connectivity index (χ0v) is 13.2. The lowest BCUT2D eigenvalue weighted by Crippen LogP contribution is -2.48. The summed E-state index contributed by atoms with van der Waals surface area (Å²) < 4.78 is 8.17. The third-order valence-electron chi connectivity index (χ3n) is 3.48. The quantitative estimate of drug-likeness (QED) is 0.825. The Balaban J connectivity index is 2.86. The van der Waals surface area contributed by atoms with E-state index in [-0.39, 0.29) is 17.6 Å². The highest BCUT2D eigenvalue weighted by Crippen LogP contribution is 2.26. The van der Waals surface area contributed by atoms with Crippen LogP contribution in [0.1, 0.15) is 40.4 Å². The summed E-state index contributed by atoms with van der Waals surface area (Å²) in [6.07, 6.45) is 4.97. The number of likely N-dealkylation sites (N-methyl/N-ethyl adjacent to an activating group) is 1. The van der Waals surface area contributed by atoms with E-state index < -0.39 is 0 Å². The average Bonchev–Trinajstić information content (AvgIpc) is 2.79. The second-order valence-corrected chi connectivity index (χ2v) is 5.97. The molecule has 2 unspecified atom stereocenters. The minimum atomic E-state index is 0.104. The molecule has 0 aliphatic carbocycles. The number of aryl methyl sites for hydroxylation is 1. The Morgan fingerprint density at radius 3 is 2.53 bits per heavy atom. The van der Waals surface area contributed by atoms with Gasteiger partial charge in [-0.1, -0.05) is 20.8 Å². The molecule has 0 aliphatic heterocycles. The Morgan fingerprint density at radius 1 is 1.37 bits per heavy atom. The smallest absolute Gasteiger partial charge is 0.110 e. The first-order chi connectivity index (χ1) is 8.93. The molecule has 19 heavy (non-hydrogen) atoms. The van der Waals surface area contributed by atoms with E-state index in [1.54, 1.807) is 0 Å². The first-order valence-corrected chi connectivity index (χ1v) is 7.22. The fourth-order valence-electron chi connectivity index (χ4n) is 2.52. The van der Waals surface area contributed by atoms with E-state index in [4.69, 9.17) is 4.74 Å². The summed E-state index contributed by atoms with van der Waals surface area (Å²) in [5.41, 5.74) is 0.104. The SMILES string of the molecule is CCOC(C(Cc1nccn1CC)NC)C(C)(C)C. The highest BCUT2D eigenvalue weighted by molar-refractivity contribution is 4.99. The molecule has 1 rings (SSSR count). The lowest BCUT2D eigenvalue weighted by Gasteiger charge is -2.36. The van der Waals surface area contributed by atoms with Crippen molar-refractivity contribution in [3.63, 3.8) is 0 Å². The molecular formula is C15H29N3O. The topological polar surface area (TPSA) is 39.1 Å². The van der Waals surface area contributed by atoms with Crippen molar-refractivity contribution in [1.29, 1.82) is 0 Å². The number of hydrogen-bond acceptors (Lipinski definition) is 3. The van der Waals surface area contributed by atoms with Crippen molar-refractivity contribution >= 4 is 0 Å². The fourth-order valence-corrected chi connectivity index (χ4v) is 2.52. The van der Waals surface area contributed by atoms with Crippen LogP contribution in [0.2, 0.25) is 0 Å². The molecule has 0 spiro atoms. The van der Waals surface area contributed by atoms with Gasteiger partial charge in [-0.05, 0) is 26.3 Å². The van der Waals surface area contributed by atoms with Gasteiger partial charge in [-0.3, -0.25) is 0 Å². The van der Waals surface area contributed by atoms with Gasteiger partial charge < -0.3 is 14.6 Å². The van der Waals surface area contributed by atoms with Gasteiger partial charge in [0.2, 0.25) is 0 Å². The van der Waals surface area contributed by atoms with Gasteiger partial charge >= 0.3 is 0 Å². The van der Waals surface area contributed by atoms with Gasteiger partial charge in [-0.2, -0.15) is 0 Å². The summed E-state index contributed by atoms with van der Waals surface area (Å²) in [5.74, 6) is 1.12. The predicted octanol–water partition coefficient (Wildman–Crippen LogP) is 2.48. The number of aromatic nitrogens is 2. The zero-order valence-electron chi connectivity index (χ0n) is 13.2. The standard InChI is InChI=1S/C15H29N3O/c1-7-18-10-9-17-13(18)11-12(16-6)14(19-8-2)15(3,4)5/h9-10,12,14,16H,7-8,11H2,1-6H3. The number of ether oxygens (including phenoxy) is 1. The largest absolute Gasteiger partial charge is 0.376 e. The summed E-state index contributed by atoms with van der Waals surface area (Å²) in [6.45, 7) is 12.6. The first kappa shape index (κ1) is 16.2. The van der Waals surface area contributed by atoms with Crippen LogP contribution in [-0.4, -0.2) is 35.4 Å². The van der Waals surface area contributed by atoms with Gasteiger partial charge in [0.05, 0.1) is 6.10 Å². The fraction of sp³-hybridized carbons (Fsp3) is 0.800. The number of nitrogens with zero attached hydrogens (tertiary/aromatic N) is 2. The van der Waals surface area contributed by atoms with E-state index >= 15 is 0 Å². The molecule has 0 bridgehead atoms. The van der Waals surface area contributed by atoms with E-state index in [1.165, 1.54) is 0 Å². The summed E-state index contributed by atoms with van der Waals surface area (Å²) in [4.78, 5) is 4.47. The minimum absolute atomic E-state index is 0.104. The maximum atomic E-state index is 5.98. The molecule has 0 aliphatic rings. The van der Waals surface area contributed by atoms with Gasteiger partial charge in [0, 0.05) is 38.0 Å². The third kappa shape index (κ3) is 4.32. The summed E-state index contributed by atoms with van der Waals surface area (Å²) >= 11 is 0. The number of rotatable bonds is 7. The third-order valence-corrected chi connectivity index (χ3v) is 3.48. The molecular weight excluding hydrogens is 238 g/mol. The van der Waals surface area contributed by atoms with Crippen LogP contribution in [0.25, 0.3) is 0 Å². The highest BCUT2D eigenvalue weighted by atomic mass is 16.5. The lowest BCUT2D eigenvalue weighted by atomic mass is 9.83. The monoisotopic (exact) mass is 267 g/mol. The zero-order chi connectivity index (χ0) is 14.5. The molecule has 2 atom stereocenters. The minimum Gasteiger partial charge on any atom is -0.376 e. The molecule has 110 valence electrons.